The molecular formula is C7H17NS2. The van der Waals surface area contributed by atoms with Crippen LogP contribution in [0, 0.1) is 0 Å². The second-order valence-corrected chi connectivity index (χ2v) is 4.71. The molecule has 2 N–H and O–H groups in total. The van der Waals surface area contributed by atoms with Crippen LogP contribution in [0.2, 0.25) is 0 Å². The molecule has 0 bridgehead atoms. The first kappa shape index (κ1) is 10.7. The molecule has 0 spiro atoms. The van der Waals surface area contributed by atoms with Crippen molar-refractivity contribution >= 4 is 24.4 Å². The minimum Gasteiger partial charge on any atom is -0.327 e. The third-order valence-corrected chi connectivity index (χ3v) is 2.69. The van der Waals surface area contributed by atoms with E-state index in [9.17, 15) is 0 Å². The predicted octanol–water partition coefficient (Wildman–Crippen LogP) is 1.78. The van der Waals surface area contributed by atoms with Crippen LogP contribution in [0.3, 0.4) is 0 Å². The molecule has 0 aliphatic rings. The third kappa shape index (κ3) is 6.78. The Morgan fingerprint density at radius 1 is 1.50 bits per heavy atom. The minimum atomic E-state index is 0.338. The number of thioether (sulfide) groups is 1. The Kier molecular flexibility index (Phi) is 6.80. The summed E-state index contributed by atoms with van der Waals surface area (Å²) in [4.78, 5) is 0. The lowest BCUT2D eigenvalue weighted by Crippen LogP contribution is -2.23. The fraction of sp³-hybridized carbons (Fsp3) is 1.00. The van der Waals surface area contributed by atoms with Crippen molar-refractivity contribution in [3.05, 3.63) is 0 Å². The molecule has 0 aliphatic carbocycles. The SMILES string of the molecule is CC(C)SCC(N)CCS. The summed E-state index contributed by atoms with van der Waals surface area (Å²) in [5, 5.41) is 0.700. The van der Waals surface area contributed by atoms with E-state index in [2.05, 4.69) is 26.5 Å². The van der Waals surface area contributed by atoms with E-state index in [1.54, 1.807) is 0 Å². The first-order chi connectivity index (χ1) is 4.66. The van der Waals surface area contributed by atoms with Crippen molar-refractivity contribution in [1.82, 2.24) is 0 Å². The van der Waals surface area contributed by atoms with Crippen LogP contribution in [0.1, 0.15) is 20.3 Å². The van der Waals surface area contributed by atoms with E-state index in [0.29, 0.717) is 11.3 Å². The maximum absolute atomic E-state index is 5.76. The number of thiol groups is 1. The molecule has 1 unspecified atom stereocenters. The summed E-state index contributed by atoms with van der Waals surface area (Å²) in [5.41, 5.74) is 5.76. The number of rotatable bonds is 5. The zero-order valence-corrected chi connectivity index (χ0v) is 8.42. The molecule has 0 radical (unpaired) electrons. The number of nitrogens with two attached hydrogens (primary N) is 1. The fourth-order valence-electron chi connectivity index (χ4n) is 0.565. The highest BCUT2D eigenvalue weighted by molar-refractivity contribution is 7.99. The van der Waals surface area contributed by atoms with Crippen molar-refractivity contribution in [1.29, 1.82) is 0 Å². The highest BCUT2D eigenvalue weighted by Crippen LogP contribution is 2.10. The van der Waals surface area contributed by atoms with Crippen LogP contribution in [0.15, 0.2) is 0 Å². The van der Waals surface area contributed by atoms with Crippen LogP contribution >= 0.6 is 24.4 Å². The number of hydrogen-bond donors (Lipinski definition) is 2. The van der Waals surface area contributed by atoms with E-state index in [4.69, 9.17) is 5.73 Å². The van der Waals surface area contributed by atoms with Gasteiger partial charge in [0, 0.05) is 11.8 Å². The van der Waals surface area contributed by atoms with Crippen LogP contribution in [0.5, 0.6) is 0 Å². The highest BCUT2D eigenvalue weighted by Gasteiger charge is 2.02. The lowest BCUT2D eigenvalue weighted by Gasteiger charge is -2.10. The smallest absolute Gasteiger partial charge is 0.0138 e. The topological polar surface area (TPSA) is 26.0 Å². The average molecular weight is 179 g/mol. The van der Waals surface area contributed by atoms with Crippen molar-refractivity contribution < 1.29 is 0 Å². The molecule has 0 heterocycles. The van der Waals surface area contributed by atoms with Gasteiger partial charge < -0.3 is 5.73 Å². The normalized spacial score (nSPS) is 14.1. The Balaban J connectivity index is 3.12. The van der Waals surface area contributed by atoms with Gasteiger partial charge in [0.05, 0.1) is 0 Å². The average Bonchev–Trinajstić information content (AvgIpc) is 1.85. The standard InChI is InChI=1S/C7H17NS2/c1-6(2)10-5-7(8)3-4-9/h6-7,9H,3-5,8H2,1-2H3. The Morgan fingerprint density at radius 3 is 2.50 bits per heavy atom. The molecule has 62 valence electrons. The number of hydrogen-bond acceptors (Lipinski definition) is 3. The summed E-state index contributed by atoms with van der Waals surface area (Å²) in [7, 11) is 0. The summed E-state index contributed by atoms with van der Waals surface area (Å²) in [6.45, 7) is 4.39. The van der Waals surface area contributed by atoms with Crippen molar-refractivity contribution in [2.24, 2.45) is 5.73 Å². The van der Waals surface area contributed by atoms with E-state index >= 15 is 0 Å². The van der Waals surface area contributed by atoms with Crippen LogP contribution in [0.4, 0.5) is 0 Å². The Hall–Kier alpha value is 0.660. The molecule has 0 saturated carbocycles. The second kappa shape index (κ2) is 6.38. The predicted molar refractivity (Wildman–Crippen MR) is 54.0 cm³/mol. The molecular weight excluding hydrogens is 162 g/mol. The van der Waals surface area contributed by atoms with Crippen LogP contribution < -0.4 is 5.73 Å². The van der Waals surface area contributed by atoms with Crippen LogP contribution in [-0.2, 0) is 0 Å². The van der Waals surface area contributed by atoms with Gasteiger partial charge in [0.25, 0.3) is 0 Å². The summed E-state index contributed by atoms with van der Waals surface area (Å²) in [6.07, 6.45) is 1.03. The fourth-order valence-corrected chi connectivity index (χ4v) is 1.70. The molecule has 1 atom stereocenters. The first-order valence-electron chi connectivity index (χ1n) is 3.65. The molecule has 10 heavy (non-hydrogen) atoms. The largest absolute Gasteiger partial charge is 0.327 e. The van der Waals surface area contributed by atoms with Gasteiger partial charge in [-0.3, -0.25) is 0 Å². The second-order valence-electron chi connectivity index (χ2n) is 2.65. The molecule has 0 aliphatic heterocycles. The summed E-state index contributed by atoms with van der Waals surface area (Å²) in [6, 6.07) is 0.338. The molecule has 0 amide bonds. The Labute approximate surface area is 73.5 Å². The minimum absolute atomic E-state index is 0.338. The van der Waals surface area contributed by atoms with Crippen molar-refractivity contribution in [3.63, 3.8) is 0 Å². The van der Waals surface area contributed by atoms with Gasteiger partial charge in [0.2, 0.25) is 0 Å². The lowest BCUT2D eigenvalue weighted by atomic mass is 10.3. The van der Waals surface area contributed by atoms with Gasteiger partial charge in [-0.15, -0.1) is 0 Å². The molecule has 0 saturated heterocycles. The van der Waals surface area contributed by atoms with E-state index in [0.717, 1.165) is 17.9 Å². The van der Waals surface area contributed by atoms with Gasteiger partial charge in [-0.1, -0.05) is 13.8 Å². The molecule has 0 fully saturated rings. The van der Waals surface area contributed by atoms with Gasteiger partial charge >= 0.3 is 0 Å². The summed E-state index contributed by atoms with van der Waals surface area (Å²) < 4.78 is 0. The van der Waals surface area contributed by atoms with Gasteiger partial charge in [0.15, 0.2) is 0 Å². The zero-order chi connectivity index (χ0) is 7.98. The van der Waals surface area contributed by atoms with Gasteiger partial charge in [-0.2, -0.15) is 24.4 Å². The summed E-state index contributed by atoms with van der Waals surface area (Å²) in [5.74, 6) is 1.97. The van der Waals surface area contributed by atoms with Crippen molar-refractivity contribution in [2.75, 3.05) is 11.5 Å². The van der Waals surface area contributed by atoms with E-state index < -0.39 is 0 Å². The Morgan fingerprint density at radius 2 is 2.10 bits per heavy atom. The maximum atomic E-state index is 5.76. The van der Waals surface area contributed by atoms with E-state index in [-0.39, 0.29) is 0 Å². The molecule has 0 rings (SSSR count). The van der Waals surface area contributed by atoms with Gasteiger partial charge in [-0.25, -0.2) is 0 Å². The molecule has 3 heteroatoms. The molecule has 0 aromatic carbocycles. The highest BCUT2D eigenvalue weighted by atomic mass is 32.2. The van der Waals surface area contributed by atoms with Crippen LogP contribution in [0.25, 0.3) is 0 Å². The summed E-state index contributed by atoms with van der Waals surface area (Å²) >= 11 is 6.04. The van der Waals surface area contributed by atoms with Crippen molar-refractivity contribution in [2.45, 2.75) is 31.6 Å². The third-order valence-electron chi connectivity index (χ3n) is 1.14. The zero-order valence-electron chi connectivity index (χ0n) is 6.71. The van der Waals surface area contributed by atoms with Crippen molar-refractivity contribution in [3.8, 4) is 0 Å². The van der Waals surface area contributed by atoms with Crippen LogP contribution in [-0.4, -0.2) is 22.8 Å². The van der Waals surface area contributed by atoms with E-state index in [1.165, 1.54) is 0 Å². The molecule has 0 aromatic rings. The maximum Gasteiger partial charge on any atom is 0.0138 e. The van der Waals surface area contributed by atoms with Gasteiger partial charge in [0.1, 0.15) is 0 Å². The monoisotopic (exact) mass is 179 g/mol. The quantitative estimate of drug-likeness (QED) is 0.629. The lowest BCUT2D eigenvalue weighted by molar-refractivity contribution is 0.731. The first-order valence-corrected chi connectivity index (χ1v) is 5.33. The molecule has 1 nitrogen and oxygen atoms in total. The van der Waals surface area contributed by atoms with E-state index in [1.807, 2.05) is 11.8 Å². The Bertz CT molecular complexity index is 76.0. The molecule has 0 aromatic heterocycles. The van der Waals surface area contributed by atoms with Gasteiger partial charge in [-0.05, 0) is 17.4 Å².